The molecule has 0 unspecified atom stereocenters. The first-order valence-corrected chi connectivity index (χ1v) is 7.22. The van der Waals surface area contributed by atoms with Crippen LogP contribution in [0.1, 0.15) is 11.5 Å². The first-order valence-electron chi connectivity index (χ1n) is 7.22. The Bertz CT molecular complexity index is 1150. The van der Waals surface area contributed by atoms with Gasteiger partial charge in [-0.15, -0.1) is 0 Å². The Kier molecular flexibility index (Phi) is 4.41. The van der Waals surface area contributed by atoms with Crippen LogP contribution in [0.4, 0.5) is 16.2 Å². The Morgan fingerprint density at radius 2 is 1.44 bits per heavy atom. The molecule has 0 N–H and O–H groups in total. The van der Waals surface area contributed by atoms with Gasteiger partial charge in [-0.1, -0.05) is 0 Å². The number of aromatic nitrogens is 2. The van der Waals surface area contributed by atoms with Crippen LogP contribution in [0.2, 0.25) is 0 Å². The van der Waals surface area contributed by atoms with Crippen LogP contribution >= 0.6 is 0 Å². The number of hydrogen-bond donors (Lipinski definition) is 0. The van der Waals surface area contributed by atoms with Crippen LogP contribution in [0.3, 0.4) is 0 Å². The standard InChI is InChI=1S/C14H9FN4O8/c15-10-7-16(5-8-1-3-11(26-8)18(22)23)14(21)17(13(10)20)6-9-2-4-12(27-9)19(24)25/h1-4,7H,5-6H2. The van der Waals surface area contributed by atoms with Crippen molar-refractivity contribution in [2.24, 2.45) is 0 Å². The summed E-state index contributed by atoms with van der Waals surface area (Å²) in [6.45, 7) is -0.913. The fourth-order valence-electron chi connectivity index (χ4n) is 2.29. The average Bonchev–Trinajstić information content (AvgIpc) is 3.26. The molecule has 0 atom stereocenters. The molecule has 0 saturated carbocycles. The van der Waals surface area contributed by atoms with E-state index in [1.165, 1.54) is 12.1 Å². The minimum absolute atomic E-state index is 0.0120. The molecule has 0 radical (unpaired) electrons. The van der Waals surface area contributed by atoms with Gasteiger partial charge in [-0.2, -0.15) is 4.39 Å². The van der Waals surface area contributed by atoms with E-state index in [0.29, 0.717) is 10.8 Å². The molecule has 0 aliphatic carbocycles. The number of halogens is 1. The van der Waals surface area contributed by atoms with Crippen LogP contribution in [0.15, 0.2) is 48.9 Å². The van der Waals surface area contributed by atoms with E-state index in [9.17, 15) is 34.2 Å². The van der Waals surface area contributed by atoms with Gasteiger partial charge in [-0.05, 0) is 12.1 Å². The summed E-state index contributed by atoms with van der Waals surface area (Å²) in [7, 11) is 0. The second-order valence-corrected chi connectivity index (χ2v) is 5.27. The molecule has 0 amide bonds. The lowest BCUT2D eigenvalue weighted by Gasteiger charge is -2.08. The highest BCUT2D eigenvalue weighted by molar-refractivity contribution is 5.19. The highest BCUT2D eigenvalue weighted by atomic mass is 19.1. The molecule has 0 spiro atoms. The van der Waals surface area contributed by atoms with Gasteiger partial charge >= 0.3 is 17.5 Å². The lowest BCUT2D eigenvalue weighted by Crippen LogP contribution is -2.41. The molecule has 0 fully saturated rings. The Hall–Kier alpha value is -4.03. The fourth-order valence-corrected chi connectivity index (χ4v) is 2.29. The highest BCUT2D eigenvalue weighted by Crippen LogP contribution is 2.17. The summed E-state index contributed by atoms with van der Waals surface area (Å²) in [6, 6.07) is 4.50. The Morgan fingerprint density at radius 1 is 0.926 bits per heavy atom. The van der Waals surface area contributed by atoms with E-state index in [4.69, 9.17) is 8.83 Å². The van der Waals surface area contributed by atoms with Crippen molar-refractivity contribution in [3.05, 3.63) is 88.9 Å². The quantitative estimate of drug-likeness (QED) is 0.457. The maximum Gasteiger partial charge on any atom is 0.433 e. The molecule has 0 saturated heterocycles. The normalized spacial score (nSPS) is 10.9. The van der Waals surface area contributed by atoms with Crippen molar-refractivity contribution < 1.29 is 23.1 Å². The number of hydrogen-bond acceptors (Lipinski definition) is 8. The van der Waals surface area contributed by atoms with Gasteiger partial charge in [0.2, 0.25) is 5.82 Å². The predicted octanol–water partition coefficient (Wildman–Crippen LogP) is 1.25. The van der Waals surface area contributed by atoms with E-state index in [0.717, 1.165) is 16.7 Å². The molecule has 3 aromatic heterocycles. The van der Waals surface area contributed by atoms with Crippen molar-refractivity contribution in [3.8, 4) is 0 Å². The summed E-state index contributed by atoms with van der Waals surface area (Å²) >= 11 is 0. The Labute approximate surface area is 147 Å². The van der Waals surface area contributed by atoms with Crippen molar-refractivity contribution in [2.75, 3.05) is 0 Å². The van der Waals surface area contributed by atoms with Crippen LogP contribution in [0.25, 0.3) is 0 Å². The smallest absolute Gasteiger partial charge is 0.404 e. The molecule has 13 heteroatoms. The fraction of sp³-hybridized carbons (Fsp3) is 0.143. The van der Waals surface area contributed by atoms with E-state index in [1.54, 1.807) is 0 Å². The molecule has 0 aliphatic heterocycles. The van der Waals surface area contributed by atoms with Gasteiger partial charge in [0.05, 0.1) is 31.4 Å². The summed E-state index contributed by atoms with van der Waals surface area (Å²) in [6.07, 6.45) is 0.639. The third-order valence-electron chi connectivity index (χ3n) is 3.49. The van der Waals surface area contributed by atoms with Crippen LogP contribution < -0.4 is 11.2 Å². The Balaban J connectivity index is 1.96. The molecule has 27 heavy (non-hydrogen) atoms. The zero-order valence-electron chi connectivity index (χ0n) is 13.2. The molecule has 3 rings (SSSR count). The summed E-state index contributed by atoms with van der Waals surface area (Å²) in [5.41, 5.74) is -2.21. The number of nitro groups is 2. The molecule has 0 aromatic carbocycles. The molecule has 3 heterocycles. The monoisotopic (exact) mass is 380 g/mol. The first-order chi connectivity index (χ1) is 12.8. The van der Waals surface area contributed by atoms with Crippen molar-refractivity contribution in [3.63, 3.8) is 0 Å². The van der Waals surface area contributed by atoms with Gasteiger partial charge in [0.1, 0.15) is 21.4 Å². The largest absolute Gasteiger partial charge is 0.433 e. The zero-order chi connectivity index (χ0) is 19.7. The van der Waals surface area contributed by atoms with E-state index in [1.807, 2.05) is 0 Å². The summed E-state index contributed by atoms with van der Waals surface area (Å²) in [4.78, 5) is 44.0. The summed E-state index contributed by atoms with van der Waals surface area (Å²) < 4.78 is 24.9. The van der Waals surface area contributed by atoms with E-state index in [-0.39, 0.29) is 18.1 Å². The average molecular weight is 380 g/mol. The molecule has 140 valence electrons. The van der Waals surface area contributed by atoms with Gasteiger partial charge < -0.3 is 8.83 Å². The summed E-state index contributed by atoms with van der Waals surface area (Å²) in [5.74, 6) is -2.54. The van der Waals surface area contributed by atoms with Gasteiger partial charge in [-0.3, -0.25) is 34.2 Å². The Morgan fingerprint density at radius 3 is 1.93 bits per heavy atom. The third kappa shape index (κ3) is 3.51. The lowest BCUT2D eigenvalue weighted by atomic mass is 10.4. The van der Waals surface area contributed by atoms with Crippen molar-refractivity contribution in [2.45, 2.75) is 13.1 Å². The van der Waals surface area contributed by atoms with Crippen molar-refractivity contribution in [1.82, 2.24) is 9.13 Å². The molecular weight excluding hydrogens is 371 g/mol. The molecule has 0 aliphatic rings. The van der Waals surface area contributed by atoms with E-state index >= 15 is 0 Å². The summed E-state index contributed by atoms with van der Waals surface area (Å²) in [5, 5.41) is 21.2. The van der Waals surface area contributed by atoms with Crippen LogP contribution in [0.5, 0.6) is 0 Å². The van der Waals surface area contributed by atoms with E-state index in [2.05, 4.69) is 0 Å². The lowest BCUT2D eigenvalue weighted by molar-refractivity contribution is -0.402. The van der Waals surface area contributed by atoms with Crippen molar-refractivity contribution in [1.29, 1.82) is 0 Å². The maximum absolute atomic E-state index is 13.9. The van der Waals surface area contributed by atoms with E-state index < -0.39 is 45.2 Å². The second-order valence-electron chi connectivity index (χ2n) is 5.27. The number of furan rings is 2. The second kappa shape index (κ2) is 6.70. The molecule has 0 bridgehead atoms. The minimum atomic E-state index is -1.27. The number of rotatable bonds is 6. The minimum Gasteiger partial charge on any atom is -0.404 e. The van der Waals surface area contributed by atoms with Crippen molar-refractivity contribution >= 4 is 11.8 Å². The molecular formula is C14H9FN4O8. The highest BCUT2D eigenvalue weighted by Gasteiger charge is 2.18. The number of nitrogens with zero attached hydrogens (tertiary/aromatic N) is 4. The third-order valence-corrected chi connectivity index (χ3v) is 3.49. The van der Waals surface area contributed by atoms with Crippen LogP contribution in [-0.2, 0) is 13.1 Å². The van der Waals surface area contributed by atoms with Gasteiger partial charge in [0.15, 0.2) is 0 Å². The van der Waals surface area contributed by atoms with Crippen LogP contribution in [-0.4, -0.2) is 19.0 Å². The zero-order valence-corrected chi connectivity index (χ0v) is 13.2. The van der Waals surface area contributed by atoms with Gasteiger partial charge in [0, 0.05) is 0 Å². The van der Waals surface area contributed by atoms with Gasteiger partial charge in [0.25, 0.3) is 5.56 Å². The molecule has 3 aromatic rings. The first kappa shape index (κ1) is 17.8. The topological polar surface area (TPSA) is 157 Å². The SMILES string of the molecule is O=c1c(F)cn(Cc2ccc([N+](=O)[O-])o2)c(=O)n1Cc1ccc([N+](=O)[O-])o1. The maximum atomic E-state index is 13.9. The predicted molar refractivity (Wildman–Crippen MR) is 83.8 cm³/mol. The molecule has 12 nitrogen and oxygen atoms in total. The van der Waals surface area contributed by atoms with Gasteiger partial charge in [-0.25, -0.2) is 4.79 Å². The van der Waals surface area contributed by atoms with Crippen LogP contribution in [0, 0.1) is 26.0 Å².